The van der Waals surface area contributed by atoms with Crippen LogP contribution in [0, 0.1) is 5.92 Å². The molecule has 1 aliphatic heterocycles. The van der Waals surface area contributed by atoms with E-state index in [0.717, 1.165) is 30.3 Å². The van der Waals surface area contributed by atoms with Crippen LogP contribution in [0.5, 0.6) is 0 Å². The second kappa shape index (κ2) is 7.32. The van der Waals surface area contributed by atoms with Crippen LogP contribution in [0.15, 0.2) is 23.1 Å². The Labute approximate surface area is 132 Å². The molecule has 1 aromatic rings. The molecule has 1 heterocycles. The maximum Gasteiger partial charge on any atom is 0.107 e. The summed E-state index contributed by atoms with van der Waals surface area (Å²) in [5.74, 6) is 1.84. The quantitative estimate of drug-likeness (QED) is 0.656. The number of hydrogen-bond acceptors (Lipinski definition) is 3. The van der Waals surface area contributed by atoms with Gasteiger partial charge in [0.05, 0.1) is 0 Å². The van der Waals surface area contributed by atoms with Crippen LogP contribution in [-0.2, 0) is 0 Å². The summed E-state index contributed by atoms with van der Waals surface area (Å²) in [6, 6.07) is 6.43. The predicted octanol–water partition coefficient (Wildman–Crippen LogP) is 4.06. The fourth-order valence-corrected chi connectivity index (χ4v) is 4.05. The van der Waals surface area contributed by atoms with Gasteiger partial charge in [0, 0.05) is 29.2 Å². The van der Waals surface area contributed by atoms with Crippen molar-refractivity contribution >= 4 is 34.7 Å². The molecule has 1 fully saturated rings. The Morgan fingerprint density at radius 2 is 2.25 bits per heavy atom. The Hall–Kier alpha value is -0.740. The van der Waals surface area contributed by atoms with Crippen LogP contribution >= 0.6 is 24.0 Å². The van der Waals surface area contributed by atoms with Crippen molar-refractivity contribution in [1.29, 1.82) is 0 Å². The van der Waals surface area contributed by atoms with Gasteiger partial charge in [-0.05, 0) is 36.6 Å². The van der Waals surface area contributed by atoms with Gasteiger partial charge in [-0.15, -0.1) is 11.8 Å². The van der Waals surface area contributed by atoms with Gasteiger partial charge in [-0.25, -0.2) is 0 Å². The molecule has 4 heteroatoms. The number of hydrogen-bond donors (Lipinski definition) is 1. The zero-order valence-electron chi connectivity index (χ0n) is 12.4. The van der Waals surface area contributed by atoms with Gasteiger partial charge in [0.2, 0.25) is 0 Å². The molecule has 0 aliphatic carbocycles. The van der Waals surface area contributed by atoms with Crippen molar-refractivity contribution in [2.75, 3.05) is 23.7 Å². The predicted molar refractivity (Wildman–Crippen MR) is 94.0 cm³/mol. The molecule has 2 rings (SSSR count). The van der Waals surface area contributed by atoms with Gasteiger partial charge >= 0.3 is 0 Å². The number of thioether (sulfide) groups is 1. The third-order valence-corrected chi connectivity index (χ3v) is 5.13. The van der Waals surface area contributed by atoms with Crippen LogP contribution in [0.1, 0.15) is 38.7 Å². The lowest BCUT2D eigenvalue weighted by molar-refractivity contribution is 0.404. The summed E-state index contributed by atoms with van der Waals surface area (Å²) >= 11 is 7.14. The number of nitrogens with two attached hydrogens (primary N) is 1. The highest BCUT2D eigenvalue weighted by Gasteiger charge is 2.22. The first-order valence-electron chi connectivity index (χ1n) is 7.47. The zero-order valence-corrected chi connectivity index (χ0v) is 14.0. The summed E-state index contributed by atoms with van der Waals surface area (Å²) in [5, 5.41) is 0. The molecule has 1 unspecified atom stereocenters. The standard InChI is InChI=1S/C16H24N2S2/c1-3-12-7-6-10-18(11-12)13-8-5-9-14(20-4-2)15(13)16(17)19/h5,8-9,12H,3-4,6-7,10-11H2,1-2H3,(H2,17,19). The van der Waals surface area contributed by atoms with Crippen molar-refractivity contribution < 1.29 is 0 Å². The van der Waals surface area contributed by atoms with Gasteiger partial charge in [-0.2, -0.15) is 0 Å². The summed E-state index contributed by atoms with van der Waals surface area (Å²) in [5.41, 5.74) is 8.32. The number of piperidine rings is 1. The molecule has 0 spiro atoms. The Morgan fingerprint density at radius 3 is 2.90 bits per heavy atom. The highest BCUT2D eigenvalue weighted by atomic mass is 32.2. The minimum atomic E-state index is 0.523. The Bertz CT molecular complexity index is 474. The number of nitrogens with zero attached hydrogens (tertiary/aromatic N) is 1. The molecule has 0 saturated carbocycles. The van der Waals surface area contributed by atoms with Crippen LogP contribution in [-0.4, -0.2) is 23.8 Å². The zero-order chi connectivity index (χ0) is 14.5. The SMILES string of the molecule is CCSc1cccc(N2CCCC(CC)C2)c1C(N)=S. The van der Waals surface area contributed by atoms with Crippen molar-refractivity contribution in [2.45, 2.75) is 38.0 Å². The second-order valence-corrected chi connectivity index (χ2v) is 7.06. The number of thiocarbonyl (C=S) groups is 1. The lowest BCUT2D eigenvalue weighted by Gasteiger charge is -2.35. The van der Waals surface area contributed by atoms with Gasteiger partial charge in [0.15, 0.2) is 0 Å². The van der Waals surface area contributed by atoms with E-state index in [1.807, 2.05) is 11.8 Å². The molecule has 1 aliphatic rings. The Balaban J connectivity index is 2.34. The average Bonchev–Trinajstić information content (AvgIpc) is 2.47. The number of anilines is 1. The van der Waals surface area contributed by atoms with E-state index in [0.29, 0.717) is 4.99 Å². The Morgan fingerprint density at radius 1 is 1.45 bits per heavy atom. The molecule has 1 saturated heterocycles. The summed E-state index contributed by atoms with van der Waals surface area (Å²) in [6.07, 6.45) is 3.86. The van der Waals surface area contributed by atoms with Crippen molar-refractivity contribution in [2.24, 2.45) is 11.7 Å². The van der Waals surface area contributed by atoms with E-state index in [4.69, 9.17) is 18.0 Å². The van der Waals surface area contributed by atoms with E-state index in [1.165, 1.54) is 29.8 Å². The first kappa shape index (κ1) is 15.6. The Kier molecular flexibility index (Phi) is 5.73. The third kappa shape index (κ3) is 3.47. The molecule has 0 radical (unpaired) electrons. The van der Waals surface area contributed by atoms with Crippen molar-refractivity contribution in [3.63, 3.8) is 0 Å². The first-order valence-corrected chi connectivity index (χ1v) is 8.87. The van der Waals surface area contributed by atoms with Gasteiger partial charge in [-0.3, -0.25) is 0 Å². The van der Waals surface area contributed by atoms with Gasteiger partial charge < -0.3 is 10.6 Å². The highest BCUT2D eigenvalue weighted by Crippen LogP contribution is 2.33. The molecule has 20 heavy (non-hydrogen) atoms. The normalized spacial score (nSPS) is 19.1. The van der Waals surface area contributed by atoms with Crippen LogP contribution in [0.4, 0.5) is 5.69 Å². The van der Waals surface area contributed by atoms with Crippen molar-refractivity contribution in [3.05, 3.63) is 23.8 Å². The summed E-state index contributed by atoms with van der Waals surface area (Å²) < 4.78 is 0. The molecule has 2 N–H and O–H groups in total. The molecule has 1 atom stereocenters. The van der Waals surface area contributed by atoms with Crippen LogP contribution in [0.25, 0.3) is 0 Å². The van der Waals surface area contributed by atoms with Crippen LogP contribution in [0.2, 0.25) is 0 Å². The molecule has 1 aromatic carbocycles. The molecule has 110 valence electrons. The summed E-state index contributed by atoms with van der Waals surface area (Å²) in [7, 11) is 0. The first-order chi connectivity index (χ1) is 9.67. The lowest BCUT2D eigenvalue weighted by Crippen LogP contribution is -2.36. The molecule has 2 nitrogen and oxygen atoms in total. The summed E-state index contributed by atoms with van der Waals surface area (Å²) in [4.78, 5) is 4.22. The van der Waals surface area contributed by atoms with E-state index < -0.39 is 0 Å². The second-order valence-electron chi connectivity index (χ2n) is 5.31. The van der Waals surface area contributed by atoms with Gasteiger partial charge in [0.1, 0.15) is 4.99 Å². The molecular formula is C16H24N2S2. The summed E-state index contributed by atoms with van der Waals surface area (Å²) in [6.45, 7) is 6.69. The minimum absolute atomic E-state index is 0.523. The molecule has 0 bridgehead atoms. The van der Waals surface area contributed by atoms with E-state index in [9.17, 15) is 0 Å². The largest absolute Gasteiger partial charge is 0.389 e. The van der Waals surface area contributed by atoms with E-state index >= 15 is 0 Å². The van der Waals surface area contributed by atoms with Crippen LogP contribution in [0.3, 0.4) is 0 Å². The van der Waals surface area contributed by atoms with Gasteiger partial charge in [0.25, 0.3) is 0 Å². The average molecular weight is 309 g/mol. The highest BCUT2D eigenvalue weighted by molar-refractivity contribution is 7.99. The van der Waals surface area contributed by atoms with E-state index in [2.05, 4.69) is 36.9 Å². The van der Waals surface area contributed by atoms with E-state index in [1.54, 1.807) is 0 Å². The maximum absolute atomic E-state index is 6.01. The minimum Gasteiger partial charge on any atom is -0.389 e. The third-order valence-electron chi connectivity index (χ3n) is 3.99. The molecule has 0 aromatic heterocycles. The van der Waals surface area contributed by atoms with E-state index in [-0.39, 0.29) is 0 Å². The fraction of sp³-hybridized carbons (Fsp3) is 0.562. The monoisotopic (exact) mass is 308 g/mol. The van der Waals surface area contributed by atoms with Crippen LogP contribution < -0.4 is 10.6 Å². The van der Waals surface area contributed by atoms with Crippen molar-refractivity contribution in [1.82, 2.24) is 0 Å². The molecular weight excluding hydrogens is 284 g/mol. The fourth-order valence-electron chi connectivity index (χ4n) is 2.92. The topological polar surface area (TPSA) is 29.3 Å². The number of benzene rings is 1. The smallest absolute Gasteiger partial charge is 0.107 e. The lowest BCUT2D eigenvalue weighted by atomic mass is 9.94. The maximum atomic E-state index is 6.01. The van der Waals surface area contributed by atoms with Crippen molar-refractivity contribution in [3.8, 4) is 0 Å². The molecule has 0 amide bonds. The van der Waals surface area contributed by atoms with Gasteiger partial charge in [-0.1, -0.05) is 38.6 Å². The number of rotatable bonds is 5.